The van der Waals surface area contributed by atoms with E-state index in [1.54, 1.807) is 13.3 Å². The molecule has 0 radical (unpaired) electrons. The molecule has 1 unspecified atom stereocenters. The van der Waals surface area contributed by atoms with Gasteiger partial charge in [-0.05, 0) is 25.8 Å². The van der Waals surface area contributed by atoms with Gasteiger partial charge in [0.05, 0.1) is 24.9 Å². The second-order valence-corrected chi connectivity index (χ2v) is 8.11. The van der Waals surface area contributed by atoms with E-state index in [0.29, 0.717) is 30.9 Å². The van der Waals surface area contributed by atoms with Gasteiger partial charge in [-0.2, -0.15) is 4.98 Å². The minimum Gasteiger partial charge on any atom is -0.496 e. The molecular weight excluding hydrogens is 414 g/mol. The molecule has 2 N–H and O–H groups in total. The first-order valence-corrected chi connectivity index (χ1v) is 10.4. The summed E-state index contributed by atoms with van der Waals surface area (Å²) in [6.07, 6.45) is 2.39. The predicted octanol–water partition coefficient (Wildman–Crippen LogP) is 3.79. The van der Waals surface area contributed by atoms with Gasteiger partial charge in [-0.3, -0.25) is 9.78 Å². The number of anilines is 2. The number of pyridine rings is 1. The molecule has 8 heteroatoms. The molecule has 0 saturated heterocycles. The number of fused-ring (bicyclic) bond motifs is 1. The van der Waals surface area contributed by atoms with Crippen LogP contribution in [0.5, 0.6) is 5.75 Å². The number of nitrogens with zero attached hydrogens (tertiary/aromatic N) is 4. The van der Waals surface area contributed by atoms with E-state index in [0.717, 1.165) is 28.1 Å². The van der Waals surface area contributed by atoms with E-state index in [-0.39, 0.29) is 22.8 Å². The number of halogens is 1. The van der Waals surface area contributed by atoms with Gasteiger partial charge in [-0.1, -0.05) is 41.9 Å². The summed E-state index contributed by atoms with van der Waals surface area (Å²) in [6, 6.07) is 9.93. The van der Waals surface area contributed by atoms with Crippen LogP contribution < -0.4 is 15.4 Å². The molecule has 0 aliphatic carbocycles. The monoisotopic (exact) mass is 437 g/mol. The van der Waals surface area contributed by atoms with Crippen molar-refractivity contribution >= 4 is 29.2 Å². The first-order valence-electron chi connectivity index (χ1n) is 10.0. The SMILES string of the molecule is COc1c(C)cnc(CN2CC(Cc3ccccc3)C(=O)c3c(Cl)nc(N)nc32)c1C. The number of methoxy groups -OCH3 is 1. The lowest BCUT2D eigenvalue weighted by Crippen LogP contribution is -2.41. The first-order chi connectivity index (χ1) is 14.9. The zero-order valence-corrected chi connectivity index (χ0v) is 18.5. The van der Waals surface area contributed by atoms with Crippen LogP contribution in [-0.4, -0.2) is 34.4 Å². The number of aryl methyl sites for hydroxylation is 1. The van der Waals surface area contributed by atoms with Crippen molar-refractivity contribution in [3.05, 3.63) is 69.6 Å². The summed E-state index contributed by atoms with van der Waals surface area (Å²) in [5, 5.41) is 0.0847. The van der Waals surface area contributed by atoms with E-state index in [4.69, 9.17) is 22.1 Å². The number of carbonyl (C=O) groups excluding carboxylic acids is 1. The van der Waals surface area contributed by atoms with Gasteiger partial charge in [-0.25, -0.2) is 4.98 Å². The number of rotatable bonds is 5. The van der Waals surface area contributed by atoms with Crippen molar-refractivity contribution in [2.45, 2.75) is 26.8 Å². The molecule has 3 aromatic rings. The number of ketones is 1. The number of hydrogen-bond acceptors (Lipinski definition) is 7. The number of nitrogen functional groups attached to an aromatic ring is 1. The summed E-state index contributed by atoms with van der Waals surface area (Å²) < 4.78 is 5.55. The Labute approximate surface area is 186 Å². The Balaban J connectivity index is 1.74. The highest BCUT2D eigenvalue weighted by Gasteiger charge is 2.36. The zero-order valence-electron chi connectivity index (χ0n) is 17.7. The Hall–Kier alpha value is -3.19. The molecule has 1 aromatic carbocycles. The van der Waals surface area contributed by atoms with Crippen LogP contribution in [0.4, 0.5) is 11.8 Å². The molecule has 1 aliphatic rings. The van der Waals surface area contributed by atoms with E-state index < -0.39 is 0 Å². The maximum Gasteiger partial charge on any atom is 0.223 e. The molecule has 0 saturated carbocycles. The predicted molar refractivity (Wildman–Crippen MR) is 121 cm³/mol. The average molecular weight is 438 g/mol. The van der Waals surface area contributed by atoms with Gasteiger partial charge in [0.2, 0.25) is 5.95 Å². The van der Waals surface area contributed by atoms with Crippen molar-refractivity contribution in [1.82, 2.24) is 15.0 Å². The summed E-state index contributed by atoms with van der Waals surface area (Å²) in [6.45, 7) is 4.86. The summed E-state index contributed by atoms with van der Waals surface area (Å²) in [7, 11) is 1.65. The molecule has 31 heavy (non-hydrogen) atoms. The Kier molecular flexibility index (Phi) is 5.78. The number of hydrogen-bond donors (Lipinski definition) is 1. The number of benzene rings is 1. The second-order valence-electron chi connectivity index (χ2n) is 7.75. The van der Waals surface area contributed by atoms with E-state index in [9.17, 15) is 4.79 Å². The number of Topliss-reactive ketones (excluding diaryl/α,β-unsaturated/α-hetero) is 1. The smallest absolute Gasteiger partial charge is 0.223 e. The zero-order chi connectivity index (χ0) is 22.1. The number of aromatic nitrogens is 3. The lowest BCUT2D eigenvalue weighted by Gasteiger charge is -2.34. The third-order valence-corrected chi connectivity index (χ3v) is 5.91. The van der Waals surface area contributed by atoms with Crippen LogP contribution in [-0.2, 0) is 13.0 Å². The third kappa shape index (κ3) is 4.05. The fraction of sp³-hybridized carbons (Fsp3) is 0.304. The molecule has 0 fully saturated rings. The van der Waals surface area contributed by atoms with Crippen LogP contribution in [0.1, 0.15) is 32.7 Å². The van der Waals surface area contributed by atoms with Gasteiger partial charge in [0.25, 0.3) is 0 Å². The summed E-state index contributed by atoms with van der Waals surface area (Å²) in [4.78, 5) is 28.3. The molecule has 7 nitrogen and oxygen atoms in total. The summed E-state index contributed by atoms with van der Waals surface area (Å²) >= 11 is 6.36. The molecule has 2 aromatic heterocycles. The van der Waals surface area contributed by atoms with E-state index >= 15 is 0 Å². The van der Waals surface area contributed by atoms with Gasteiger partial charge in [0, 0.05) is 29.8 Å². The standard InChI is InChI=1S/C23H24ClN5O2/c1-13-10-26-17(14(2)20(13)31-3)12-29-11-16(9-15-7-5-4-6-8-15)19(30)18-21(24)27-23(25)28-22(18)29/h4-8,10,16H,9,11-12H2,1-3H3,(H2,25,27,28). The highest BCUT2D eigenvalue weighted by molar-refractivity contribution is 6.34. The maximum absolute atomic E-state index is 13.3. The second kappa shape index (κ2) is 8.51. The molecular formula is C23H24ClN5O2. The van der Waals surface area contributed by atoms with Crippen LogP contribution in [0, 0.1) is 19.8 Å². The van der Waals surface area contributed by atoms with Crippen LogP contribution >= 0.6 is 11.6 Å². The highest BCUT2D eigenvalue weighted by atomic mass is 35.5. The Morgan fingerprint density at radius 2 is 1.97 bits per heavy atom. The molecule has 160 valence electrons. The van der Waals surface area contributed by atoms with Gasteiger partial charge >= 0.3 is 0 Å². The quantitative estimate of drug-likeness (QED) is 0.606. The molecule has 3 heterocycles. The molecule has 4 rings (SSSR count). The largest absolute Gasteiger partial charge is 0.496 e. The molecule has 0 spiro atoms. The minimum absolute atomic E-state index is 0.0363. The van der Waals surface area contributed by atoms with Gasteiger partial charge in [0.1, 0.15) is 16.7 Å². The lowest BCUT2D eigenvalue weighted by molar-refractivity contribution is 0.0913. The molecule has 1 atom stereocenters. The van der Waals surface area contributed by atoms with E-state index in [1.807, 2.05) is 49.1 Å². The van der Waals surface area contributed by atoms with Gasteiger partial charge in [0.15, 0.2) is 5.78 Å². The van der Waals surface area contributed by atoms with Crippen molar-refractivity contribution in [1.29, 1.82) is 0 Å². The van der Waals surface area contributed by atoms with E-state index in [2.05, 4.69) is 15.0 Å². The third-order valence-electron chi connectivity index (χ3n) is 5.64. The van der Waals surface area contributed by atoms with Gasteiger partial charge in [-0.15, -0.1) is 0 Å². The Bertz CT molecular complexity index is 1140. The topological polar surface area (TPSA) is 94.2 Å². The summed E-state index contributed by atoms with van der Waals surface area (Å²) in [5.41, 5.74) is 10.0. The van der Waals surface area contributed by atoms with Crippen molar-refractivity contribution in [3.63, 3.8) is 0 Å². The van der Waals surface area contributed by atoms with E-state index in [1.165, 1.54) is 0 Å². The molecule has 0 bridgehead atoms. The molecule has 0 amide bonds. The van der Waals surface area contributed by atoms with Gasteiger partial charge < -0.3 is 15.4 Å². The number of nitrogens with two attached hydrogens (primary N) is 1. The summed E-state index contributed by atoms with van der Waals surface area (Å²) in [5.74, 6) is 0.944. The van der Waals surface area contributed by atoms with Crippen molar-refractivity contribution in [2.24, 2.45) is 5.92 Å². The first kappa shape index (κ1) is 21.1. The van der Waals surface area contributed by atoms with Crippen LogP contribution in [0.25, 0.3) is 0 Å². The van der Waals surface area contributed by atoms with Crippen molar-refractivity contribution in [2.75, 3.05) is 24.3 Å². The minimum atomic E-state index is -0.285. The van der Waals surface area contributed by atoms with Crippen LogP contribution in [0.15, 0.2) is 36.5 Å². The average Bonchev–Trinajstić information content (AvgIpc) is 2.74. The lowest BCUT2D eigenvalue weighted by atomic mass is 9.88. The maximum atomic E-state index is 13.3. The Morgan fingerprint density at radius 3 is 2.68 bits per heavy atom. The fourth-order valence-electron chi connectivity index (χ4n) is 4.12. The highest BCUT2D eigenvalue weighted by Crippen LogP contribution is 2.36. The van der Waals surface area contributed by atoms with Crippen LogP contribution in [0.2, 0.25) is 5.15 Å². The fourth-order valence-corrected chi connectivity index (χ4v) is 4.39. The normalized spacial score (nSPS) is 15.7. The van der Waals surface area contributed by atoms with Crippen molar-refractivity contribution in [3.8, 4) is 5.75 Å². The molecule has 1 aliphatic heterocycles. The van der Waals surface area contributed by atoms with Crippen LogP contribution in [0.3, 0.4) is 0 Å². The Morgan fingerprint density at radius 1 is 1.23 bits per heavy atom. The van der Waals surface area contributed by atoms with Crippen molar-refractivity contribution < 1.29 is 9.53 Å². The number of carbonyl (C=O) groups is 1. The number of ether oxygens (including phenoxy) is 1.